The van der Waals surface area contributed by atoms with E-state index in [1.807, 2.05) is 13.8 Å². The van der Waals surface area contributed by atoms with Gasteiger partial charge >= 0.3 is 0 Å². The van der Waals surface area contributed by atoms with Crippen LogP contribution in [0, 0.1) is 0 Å². The Labute approximate surface area is 121 Å². The van der Waals surface area contributed by atoms with Crippen molar-refractivity contribution in [1.82, 2.24) is 0 Å². The average molecular weight is 270 g/mol. The minimum Gasteiger partial charge on any atom is -0.377 e. The molecule has 2 aromatic carbocycles. The predicted octanol–water partition coefficient (Wildman–Crippen LogP) is 4.43. The second kappa shape index (κ2) is 7.83. The maximum atomic E-state index is 5.40. The molecule has 0 aliphatic carbocycles. The summed E-state index contributed by atoms with van der Waals surface area (Å²) in [5, 5.41) is 0. The molecule has 0 unspecified atom stereocenters. The molecule has 0 radical (unpaired) electrons. The maximum absolute atomic E-state index is 5.40. The van der Waals surface area contributed by atoms with Crippen LogP contribution in [0.2, 0.25) is 0 Å². The molecule has 2 rings (SSSR count). The summed E-state index contributed by atoms with van der Waals surface area (Å²) in [5.74, 6) is 0. The second-order valence-electron chi connectivity index (χ2n) is 4.67. The summed E-state index contributed by atoms with van der Waals surface area (Å²) in [5.41, 5.74) is 4.88. The number of hydrogen-bond acceptors (Lipinski definition) is 2. The summed E-state index contributed by atoms with van der Waals surface area (Å²) >= 11 is 0. The molecular formula is C18H22O2. The van der Waals surface area contributed by atoms with Gasteiger partial charge in [0.05, 0.1) is 13.2 Å². The molecule has 106 valence electrons. The first-order chi connectivity index (χ1) is 9.83. The fourth-order valence-electron chi connectivity index (χ4n) is 2.03. The molecule has 0 aliphatic rings. The Morgan fingerprint density at radius 2 is 0.950 bits per heavy atom. The highest BCUT2D eigenvalue weighted by Gasteiger charge is 1.99. The predicted molar refractivity (Wildman–Crippen MR) is 82.5 cm³/mol. The van der Waals surface area contributed by atoms with Crippen molar-refractivity contribution in [2.75, 3.05) is 13.2 Å². The highest BCUT2D eigenvalue weighted by atomic mass is 16.5. The Kier molecular flexibility index (Phi) is 5.78. The zero-order valence-corrected chi connectivity index (χ0v) is 12.3. The van der Waals surface area contributed by atoms with Gasteiger partial charge in [0.2, 0.25) is 0 Å². The van der Waals surface area contributed by atoms with Crippen molar-refractivity contribution in [3.05, 3.63) is 59.7 Å². The van der Waals surface area contributed by atoms with E-state index >= 15 is 0 Å². The Balaban J connectivity index is 2.03. The van der Waals surface area contributed by atoms with Crippen molar-refractivity contribution < 1.29 is 9.47 Å². The van der Waals surface area contributed by atoms with E-state index in [1.165, 1.54) is 22.3 Å². The molecule has 0 atom stereocenters. The van der Waals surface area contributed by atoms with Crippen LogP contribution in [0.4, 0.5) is 0 Å². The lowest BCUT2D eigenvalue weighted by Gasteiger charge is -2.06. The monoisotopic (exact) mass is 270 g/mol. The smallest absolute Gasteiger partial charge is 0.0716 e. The molecule has 2 heteroatoms. The third-order valence-electron chi connectivity index (χ3n) is 3.19. The molecule has 2 nitrogen and oxygen atoms in total. The molecule has 0 aromatic heterocycles. The summed E-state index contributed by atoms with van der Waals surface area (Å²) in [4.78, 5) is 0. The van der Waals surface area contributed by atoms with Crippen LogP contribution in [-0.2, 0) is 22.7 Å². The van der Waals surface area contributed by atoms with Gasteiger partial charge < -0.3 is 9.47 Å². The van der Waals surface area contributed by atoms with Crippen molar-refractivity contribution in [3.8, 4) is 11.1 Å². The van der Waals surface area contributed by atoms with Crippen molar-refractivity contribution in [3.63, 3.8) is 0 Å². The second-order valence-corrected chi connectivity index (χ2v) is 4.67. The van der Waals surface area contributed by atoms with Gasteiger partial charge in [0.25, 0.3) is 0 Å². The van der Waals surface area contributed by atoms with E-state index in [2.05, 4.69) is 48.5 Å². The van der Waals surface area contributed by atoms with Crippen LogP contribution in [-0.4, -0.2) is 13.2 Å². The molecule has 0 heterocycles. The Morgan fingerprint density at radius 3 is 1.25 bits per heavy atom. The molecule has 0 aliphatic heterocycles. The highest BCUT2D eigenvalue weighted by Crippen LogP contribution is 2.21. The molecule has 0 bridgehead atoms. The topological polar surface area (TPSA) is 18.5 Å². The van der Waals surface area contributed by atoms with Crippen LogP contribution in [0.15, 0.2) is 48.5 Å². The Bertz CT molecular complexity index is 450. The number of hydrogen-bond donors (Lipinski definition) is 0. The van der Waals surface area contributed by atoms with E-state index < -0.39 is 0 Å². The first-order valence-electron chi connectivity index (χ1n) is 7.17. The molecular weight excluding hydrogens is 248 g/mol. The van der Waals surface area contributed by atoms with Gasteiger partial charge in [0, 0.05) is 13.2 Å². The van der Waals surface area contributed by atoms with E-state index in [1.54, 1.807) is 0 Å². The van der Waals surface area contributed by atoms with Gasteiger partial charge in [0.1, 0.15) is 0 Å². The average Bonchev–Trinajstić information content (AvgIpc) is 2.52. The normalized spacial score (nSPS) is 10.7. The maximum Gasteiger partial charge on any atom is 0.0716 e. The lowest BCUT2D eigenvalue weighted by molar-refractivity contribution is 0.134. The number of benzene rings is 2. The fourth-order valence-corrected chi connectivity index (χ4v) is 2.03. The summed E-state index contributed by atoms with van der Waals surface area (Å²) in [6.45, 7) is 6.90. The van der Waals surface area contributed by atoms with Gasteiger partial charge in [-0.1, -0.05) is 48.5 Å². The number of ether oxygens (including phenoxy) is 2. The van der Waals surface area contributed by atoms with E-state index in [0.29, 0.717) is 13.2 Å². The first kappa shape index (κ1) is 14.8. The van der Waals surface area contributed by atoms with Crippen molar-refractivity contribution in [2.24, 2.45) is 0 Å². The zero-order valence-electron chi connectivity index (χ0n) is 12.3. The van der Waals surface area contributed by atoms with E-state index in [4.69, 9.17) is 9.47 Å². The quantitative estimate of drug-likeness (QED) is 0.741. The van der Waals surface area contributed by atoms with Gasteiger partial charge in [-0.15, -0.1) is 0 Å². The van der Waals surface area contributed by atoms with E-state index in [-0.39, 0.29) is 0 Å². The van der Waals surface area contributed by atoms with Crippen molar-refractivity contribution in [1.29, 1.82) is 0 Å². The summed E-state index contributed by atoms with van der Waals surface area (Å²) in [6, 6.07) is 17.1. The molecule has 2 aromatic rings. The standard InChI is InChI=1S/C18H22O2/c1-3-19-13-15-5-9-17(10-6-15)18-11-7-16(8-12-18)14-20-4-2/h5-12H,3-4,13-14H2,1-2H3. The van der Waals surface area contributed by atoms with Crippen molar-refractivity contribution >= 4 is 0 Å². The number of rotatable bonds is 7. The Hall–Kier alpha value is -1.64. The van der Waals surface area contributed by atoms with Crippen LogP contribution in [0.25, 0.3) is 11.1 Å². The lowest BCUT2D eigenvalue weighted by atomic mass is 10.0. The van der Waals surface area contributed by atoms with Crippen LogP contribution < -0.4 is 0 Å². The van der Waals surface area contributed by atoms with Gasteiger partial charge in [-0.3, -0.25) is 0 Å². The third-order valence-corrected chi connectivity index (χ3v) is 3.19. The lowest BCUT2D eigenvalue weighted by Crippen LogP contribution is -1.92. The third kappa shape index (κ3) is 4.19. The van der Waals surface area contributed by atoms with Gasteiger partial charge in [-0.2, -0.15) is 0 Å². The SMILES string of the molecule is CCOCc1ccc(-c2ccc(COCC)cc2)cc1. The van der Waals surface area contributed by atoms with Crippen LogP contribution >= 0.6 is 0 Å². The molecule has 0 spiro atoms. The van der Waals surface area contributed by atoms with Crippen LogP contribution in [0.1, 0.15) is 25.0 Å². The van der Waals surface area contributed by atoms with E-state index in [9.17, 15) is 0 Å². The molecule has 20 heavy (non-hydrogen) atoms. The Morgan fingerprint density at radius 1 is 0.600 bits per heavy atom. The molecule has 0 amide bonds. The summed E-state index contributed by atoms with van der Waals surface area (Å²) in [6.07, 6.45) is 0. The molecule has 0 saturated carbocycles. The molecule has 0 fully saturated rings. The van der Waals surface area contributed by atoms with Gasteiger partial charge in [0.15, 0.2) is 0 Å². The zero-order chi connectivity index (χ0) is 14.2. The van der Waals surface area contributed by atoms with E-state index in [0.717, 1.165) is 13.2 Å². The minimum atomic E-state index is 0.685. The summed E-state index contributed by atoms with van der Waals surface area (Å²) < 4.78 is 10.8. The molecule has 0 saturated heterocycles. The van der Waals surface area contributed by atoms with Gasteiger partial charge in [-0.05, 0) is 36.1 Å². The largest absolute Gasteiger partial charge is 0.377 e. The fraction of sp³-hybridized carbons (Fsp3) is 0.333. The van der Waals surface area contributed by atoms with Crippen LogP contribution in [0.5, 0.6) is 0 Å². The van der Waals surface area contributed by atoms with Crippen LogP contribution in [0.3, 0.4) is 0 Å². The van der Waals surface area contributed by atoms with Crippen molar-refractivity contribution in [2.45, 2.75) is 27.1 Å². The summed E-state index contributed by atoms with van der Waals surface area (Å²) in [7, 11) is 0. The minimum absolute atomic E-state index is 0.685. The first-order valence-corrected chi connectivity index (χ1v) is 7.17. The van der Waals surface area contributed by atoms with Gasteiger partial charge in [-0.25, -0.2) is 0 Å². The highest BCUT2D eigenvalue weighted by molar-refractivity contribution is 5.63. The molecule has 0 N–H and O–H groups in total.